The van der Waals surface area contributed by atoms with E-state index < -0.39 is 6.10 Å². The second-order valence-corrected chi connectivity index (χ2v) is 4.32. The van der Waals surface area contributed by atoms with E-state index in [0.717, 1.165) is 0 Å². The van der Waals surface area contributed by atoms with Crippen molar-refractivity contribution in [3.05, 3.63) is 11.6 Å². The highest BCUT2D eigenvalue weighted by Gasteiger charge is 2.23. The molecule has 0 radical (unpaired) electrons. The number of rotatable bonds is 5. The second-order valence-electron chi connectivity index (χ2n) is 4.32. The zero-order chi connectivity index (χ0) is 15.6. The van der Waals surface area contributed by atoms with Crippen molar-refractivity contribution in [2.24, 2.45) is 0 Å². The van der Waals surface area contributed by atoms with Crippen molar-refractivity contribution >= 4 is 10.9 Å². The largest absolute Gasteiger partial charge is 0.493 e. The lowest BCUT2D eigenvalue weighted by Gasteiger charge is -2.18. The highest BCUT2D eigenvalue weighted by Crippen LogP contribution is 2.42. The quantitative estimate of drug-likeness (QED) is 0.898. The van der Waals surface area contributed by atoms with E-state index in [1.165, 1.54) is 28.4 Å². The van der Waals surface area contributed by atoms with E-state index in [4.69, 9.17) is 18.9 Å². The van der Waals surface area contributed by atoms with Crippen LogP contribution in [0.25, 0.3) is 10.9 Å². The highest BCUT2D eigenvalue weighted by atomic mass is 16.5. The predicted octanol–water partition coefficient (Wildman–Crippen LogP) is 1.72. The first-order valence-electron chi connectivity index (χ1n) is 6.30. The number of fused-ring (bicyclic) bond motifs is 1. The van der Waals surface area contributed by atoms with Crippen molar-refractivity contribution < 1.29 is 24.1 Å². The molecule has 1 aromatic carbocycles. The number of hydrogen-bond donors (Lipinski definition) is 1. The average Bonchev–Trinajstić information content (AvgIpc) is 2.51. The minimum Gasteiger partial charge on any atom is -0.493 e. The Hall–Kier alpha value is -2.28. The van der Waals surface area contributed by atoms with Gasteiger partial charge in [-0.2, -0.15) is 9.97 Å². The van der Waals surface area contributed by atoms with E-state index in [9.17, 15) is 5.11 Å². The third-order valence-corrected chi connectivity index (χ3v) is 3.11. The third-order valence-electron chi connectivity index (χ3n) is 3.11. The van der Waals surface area contributed by atoms with Crippen LogP contribution in [0.5, 0.6) is 23.4 Å². The molecule has 1 atom stereocenters. The van der Waals surface area contributed by atoms with Crippen LogP contribution >= 0.6 is 0 Å². The van der Waals surface area contributed by atoms with Crippen LogP contribution in [0.4, 0.5) is 0 Å². The topological polar surface area (TPSA) is 82.9 Å². The number of aromatic nitrogens is 2. The number of benzene rings is 1. The Bertz CT molecular complexity index is 658. The summed E-state index contributed by atoms with van der Waals surface area (Å²) >= 11 is 0. The summed E-state index contributed by atoms with van der Waals surface area (Å²) < 4.78 is 21.0. The lowest BCUT2D eigenvalue weighted by Crippen LogP contribution is -2.05. The molecule has 2 aromatic rings. The van der Waals surface area contributed by atoms with Gasteiger partial charge in [0.2, 0.25) is 5.88 Å². The number of aliphatic hydroxyl groups excluding tert-OH is 1. The zero-order valence-electron chi connectivity index (χ0n) is 12.6. The molecule has 0 saturated heterocycles. The molecule has 1 aromatic heterocycles. The maximum absolute atomic E-state index is 10.1. The Morgan fingerprint density at radius 2 is 1.71 bits per heavy atom. The fraction of sp³-hybridized carbons (Fsp3) is 0.429. The fourth-order valence-corrected chi connectivity index (χ4v) is 2.20. The Morgan fingerprint density at radius 1 is 1.00 bits per heavy atom. The van der Waals surface area contributed by atoms with Crippen LogP contribution in [0.3, 0.4) is 0 Å². The number of hydrogen-bond acceptors (Lipinski definition) is 7. The van der Waals surface area contributed by atoms with Crippen LogP contribution in [0.15, 0.2) is 6.07 Å². The number of nitrogens with zero attached hydrogens (tertiary/aromatic N) is 2. The van der Waals surface area contributed by atoms with Crippen molar-refractivity contribution in [2.75, 3.05) is 28.4 Å². The Kier molecular flexibility index (Phi) is 4.32. The number of methoxy groups -OCH3 is 4. The molecular formula is C14H18N2O5. The first-order chi connectivity index (χ1) is 10.1. The van der Waals surface area contributed by atoms with E-state index in [1.807, 2.05) is 0 Å². The van der Waals surface area contributed by atoms with Gasteiger partial charge in [-0.25, -0.2) is 0 Å². The predicted molar refractivity (Wildman–Crippen MR) is 76.4 cm³/mol. The van der Waals surface area contributed by atoms with Gasteiger partial charge in [0.1, 0.15) is 0 Å². The van der Waals surface area contributed by atoms with E-state index >= 15 is 0 Å². The molecule has 0 bridgehead atoms. The van der Waals surface area contributed by atoms with Gasteiger partial charge in [0.05, 0.1) is 51.0 Å². The van der Waals surface area contributed by atoms with Crippen LogP contribution in [0.1, 0.15) is 18.6 Å². The third kappa shape index (κ3) is 2.52. The number of aliphatic hydroxyl groups is 1. The molecule has 1 unspecified atom stereocenters. The van der Waals surface area contributed by atoms with Crippen LogP contribution in [0.2, 0.25) is 0 Å². The lowest BCUT2D eigenvalue weighted by molar-refractivity contribution is 0.194. The van der Waals surface area contributed by atoms with Gasteiger partial charge in [-0.05, 0) is 13.0 Å². The first kappa shape index (κ1) is 15.1. The Morgan fingerprint density at radius 3 is 2.19 bits per heavy atom. The van der Waals surface area contributed by atoms with E-state index in [1.54, 1.807) is 13.0 Å². The molecule has 0 fully saturated rings. The molecule has 0 saturated carbocycles. The monoisotopic (exact) mass is 294 g/mol. The summed E-state index contributed by atoms with van der Waals surface area (Å²) in [5.41, 5.74) is 0.984. The van der Waals surface area contributed by atoms with E-state index in [2.05, 4.69) is 9.97 Å². The van der Waals surface area contributed by atoms with Crippen LogP contribution < -0.4 is 18.9 Å². The molecule has 0 aliphatic heterocycles. The van der Waals surface area contributed by atoms with E-state index in [0.29, 0.717) is 33.8 Å². The molecule has 0 aliphatic carbocycles. The van der Waals surface area contributed by atoms with Crippen LogP contribution in [-0.4, -0.2) is 43.5 Å². The van der Waals surface area contributed by atoms with Crippen molar-refractivity contribution in [3.8, 4) is 23.4 Å². The van der Waals surface area contributed by atoms with Gasteiger partial charge in [-0.15, -0.1) is 0 Å². The van der Waals surface area contributed by atoms with Gasteiger partial charge < -0.3 is 24.1 Å². The summed E-state index contributed by atoms with van der Waals surface area (Å²) in [6.07, 6.45) is -0.818. The van der Waals surface area contributed by atoms with Crippen molar-refractivity contribution in [2.45, 2.75) is 13.0 Å². The fourth-order valence-electron chi connectivity index (χ4n) is 2.20. The standard InChI is InChI=1S/C14H18N2O5/c1-7(17)10-11-8(6-9(18-2)12(10)19-3)13(20-4)16-14(15-11)21-5/h6-7,17H,1-5H3. The minimum atomic E-state index is -0.818. The maximum atomic E-state index is 10.1. The van der Waals surface area contributed by atoms with Gasteiger partial charge in [0.25, 0.3) is 0 Å². The Labute approximate surface area is 122 Å². The molecule has 1 N–H and O–H groups in total. The van der Waals surface area contributed by atoms with E-state index in [-0.39, 0.29) is 6.01 Å². The first-order valence-corrected chi connectivity index (χ1v) is 6.30. The smallest absolute Gasteiger partial charge is 0.320 e. The summed E-state index contributed by atoms with van der Waals surface area (Å²) in [5, 5.41) is 10.7. The highest BCUT2D eigenvalue weighted by molar-refractivity contribution is 5.91. The summed E-state index contributed by atoms with van der Waals surface area (Å²) in [5.74, 6) is 1.22. The van der Waals surface area contributed by atoms with Crippen molar-refractivity contribution in [3.63, 3.8) is 0 Å². The summed E-state index contributed by atoms with van der Waals surface area (Å²) in [6.45, 7) is 1.62. The van der Waals surface area contributed by atoms with Gasteiger partial charge in [-0.1, -0.05) is 0 Å². The van der Waals surface area contributed by atoms with Gasteiger partial charge in [0, 0.05) is 0 Å². The zero-order valence-corrected chi connectivity index (χ0v) is 12.6. The summed E-state index contributed by atoms with van der Waals surface area (Å²) in [4.78, 5) is 8.43. The molecule has 1 heterocycles. The summed E-state index contributed by atoms with van der Waals surface area (Å²) in [7, 11) is 5.99. The SMILES string of the molecule is COc1nc(OC)c2cc(OC)c(OC)c(C(C)O)c2n1. The lowest BCUT2D eigenvalue weighted by atomic mass is 10.0. The molecule has 0 spiro atoms. The van der Waals surface area contributed by atoms with Crippen LogP contribution in [-0.2, 0) is 0 Å². The molecular weight excluding hydrogens is 276 g/mol. The van der Waals surface area contributed by atoms with Gasteiger partial charge >= 0.3 is 6.01 Å². The van der Waals surface area contributed by atoms with Crippen molar-refractivity contribution in [1.29, 1.82) is 0 Å². The molecule has 0 amide bonds. The minimum absolute atomic E-state index is 0.147. The van der Waals surface area contributed by atoms with Gasteiger partial charge in [-0.3, -0.25) is 0 Å². The maximum Gasteiger partial charge on any atom is 0.320 e. The normalized spacial score (nSPS) is 12.1. The molecule has 21 heavy (non-hydrogen) atoms. The van der Waals surface area contributed by atoms with Crippen molar-refractivity contribution in [1.82, 2.24) is 9.97 Å². The van der Waals surface area contributed by atoms with Crippen LogP contribution in [0, 0.1) is 0 Å². The molecule has 7 nitrogen and oxygen atoms in total. The summed E-state index contributed by atoms with van der Waals surface area (Å²) in [6, 6.07) is 1.85. The molecule has 114 valence electrons. The Balaban J connectivity index is 2.95. The molecule has 7 heteroatoms. The average molecular weight is 294 g/mol. The van der Waals surface area contributed by atoms with Gasteiger partial charge in [0.15, 0.2) is 11.5 Å². The number of ether oxygens (including phenoxy) is 4. The molecule has 2 rings (SSSR count). The molecule has 0 aliphatic rings. The second kappa shape index (κ2) is 6.01.